The lowest BCUT2D eigenvalue weighted by Gasteiger charge is -2.30. The Balaban J connectivity index is 2.21. The number of likely N-dealkylation sites (tertiary alicyclic amines) is 1. The van der Waals surface area contributed by atoms with E-state index >= 15 is 0 Å². The minimum Gasteiger partial charge on any atom is -0.337 e. The van der Waals surface area contributed by atoms with Gasteiger partial charge in [0, 0.05) is 26.0 Å². The van der Waals surface area contributed by atoms with Crippen LogP contribution in [0.1, 0.15) is 23.2 Å². The van der Waals surface area contributed by atoms with Gasteiger partial charge in [-0.1, -0.05) is 31.9 Å². The summed E-state index contributed by atoms with van der Waals surface area (Å²) >= 11 is 9.23. The Morgan fingerprint density at radius 2 is 2.24 bits per heavy atom. The Morgan fingerprint density at radius 3 is 2.94 bits per heavy atom. The van der Waals surface area contributed by atoms with E-state index in [2.05, 4.69) is 54.5 Å². The molecule has 0 bridgehead atoms. The lowest BCUT2D eigenvalue weighted by atomic mass is 10.1. The van der Waals surface area contributed by atoms with Gasteiger partial charge >= 0.3 is 0 Å². The molecule has 1 aromatic rings. The van der Waals surface area contributed by atoms with Crippen LogP contribution < -0.4 is 0 Å². The third kappa shape index (κ3) is 3.44. The zero-order chi connectivity index (χ0) is 12.4. The van der Waals surface area contributed by atoms with Gasteiger partial charge in [-0.05, 0) is 53.6 Å². The smallest absolute Gasteiger partial charge is 0.255 e. The van der Waals surface area contributed by atoms with Crippen molar-refractivity contribution in [3.63, 3.8) is 0 Å². The number of halogens is 3. The van der Waals surface area contributed by atoms with Gasteiger partial charge in [0.25, 0.3) is 5.91 Å². The van der Waals surface area contributed by atoms with E-state index in [4.69, 9.17) is 0 Å². The monoisotopic (exact) mass is 471 g/mol. The van der Waals surface area contributed by atoms with Gasteiger partial charge in [-0.3, -0.25) is 4.79 Å². The molecule has 1 heterocycles. The van der Waals surface area contributed by atoms with E-state index in [9.17, 15) is 4.79 Å². The van der Waals surface area contributed by atoms with Gasteiger partial charge in [0.05, 0.1) is 5.56 Å². The van der Waals surface area contributed by atoms with E-state index in [1.165, 1.54) is 0 Å². The van der Waals surface area contributed by atoms with Crippen molar-refractivity contribution in [2.24, 2.45) is 0 Å². The first kappa shape index (κ1) is 13.8. The Labute approximate surface area is 132 Å². The Hall–Kier alpha value is 0.380. The van der Waals surface area contributed by atoms with E-state index in [0.29, 0.717) is 4.83 Å². The van der Waals surface area contributed by atoms with Gasteiger partial charge in [-0.15, -0.1) is 0 Å². The molecule has 0 spiro atoms. The molecule has 0 saturated carbocycles. The Kier molecular flexibility index (Phi) is 4.88. The first-order chi connectivity index (χ1) is 8.08. The standard InChI is InChI=1S/C12H12Br2INO/c13-8-3-4-11(15)10(6-8)12(17)16-5-1-2-9(14)7-16/h3-4,6,9H,1-2,5,7H2. The van der Waals surface area contributed by atoms with Crippen molar-refractivity contribution in [1.82, 2.24) is 4.90 Å². The number of hydrogen-bond acceptors (Lipinski definition) is 1. The highest BCUT2D eigenvalue weighted by molar-refractivity contribution is 14.1. The molecule has 0 N–H and O–H groups in total. The van der Waals surface area contributed by atoms with Crippen molar-refractivity contribution < 1.29 is 4.79 Å². The van der Waals surface area contributed by atoms with Gasteiger partial charge in [0.2, 0.25) is 0 Å². The lowest BCUT2D eigenvalue weighted by molar-refractivity contribution is 0.0729. The number of carbonyl (C=O) groups excluding carboxylic acids is 1. The molecule has 1 unspecified atom stereocenters. The summed E-state index contributed by atoms with van der Waals surface area (Å²) in [7, 11) is 0. The number of nitrogens with zero attached hydrogens (tertiary/aromatic N) is 1. The Bertz CT molecular complexity index is 439. The molecule has 5 heteroatoms. The summed E-state index contributed by atoms with van der Waals surface area (Å²) in [5.74, 6) is 0.139. The molecule has 1 aliphatic heterocycles. The molecule has 92 valence electrons. The summed E-state index contributed by atoms with van der Waals surface area (Å²) < 4.78 is 1.96. The van der Waals surface area contributed by atoms with Gasteiger partial charge in [-0.2, -0.15) is 0 Å². The number of alkyl halides is 1. The lowest BCUT2D eigenvalue weighted by Crippen LogP contribution is -2.40. The second-order valence-corrected chi connectivity index (χ2v) is 7.49. The molecule has 1 saturated heterocycles. The van der Waals surface area contributed by atoms with Crippen LogP contribution in [0.25, 0.3) is 0 Å². The van der Waals surface area contributed by atoms with Crippen molar-refractivity contribution in [3.05, 3.63) is 31.8 Å². The molecule has 2 rings (SSSR count). The van der Waals surface area contributed by atoms with Gasteiger partial charge in [0.15, 0.2) is 0 Å². The van der Waals surface area contributed by atoms with Crippen molar-refractivity contribution in [2.45, 2.75) is 17.7 Å². The average Bonchev–Trinajstić information content (AvgIpc) is 2.31. The van der Waals surface area contributed by atoms with E-state index in [1.807, 2.05) is 23.1 Å². The van der Waals surface area contributed by atoms with Crippen LogP contribution in [-0.2, 0) is 0 Å². The minimum absolute atomic E-state index is 0.139. The maximum atomic E-state index is 12.4. The third-order valence-electron chi connectivity index (χ3n) is 2.81. The SMILES string of the molecule is O=C(c1cc(Br)ccc1I)N1CCCC(Br)C1. The highest BCUT2D eigenvalue weighted by atomic mass is 127. The van der Waals surface area contributed by atoms with Crippen LogP contribution >= 0.6 is 54.5 Å². The normalized spacial score (nSPS) is 20.4. The van der Waals surface area contributed by atoms with E-state index in [1.54, 1.807) is 0 Å². The number of hydrogen-bond donors (Lipinski definition) is 0. The molecule has 0 radical (unpaired) electrons. The first-order valence-corrected chi connectivity index (χ1v) is 8.25. The molecular formula is C12H12Br2INO. The highest BCUT2D eigenvalue weighted by Gasteiger charge is 2.24. The van der Waals surface area contributed by atoms with Crippen LogP contribution in [0.15, 0.2) is 22.7 Å². The molecule has 0 aliphatic carbocycles. The topological polar surface area (TPSA) is 20.3 Å². The third-order valence-corrected chi connectivity index (χ3v) is 4.99. The molecule has 1 atom stereocenters. The summed E-state index contributed by atoms with van der Waals surface area (Å²) in [6.07, 6.45) is 2.23. The fourth-order valence-electron chi connectivity index (χ4n) is 1.94. The van der Waals surface area contributed by atoms with Crippen molar-refractivity contribution in [3.8, 4) is 0 Å². The molecule has 17 heavy (non-hydrogen) atoms. The maximum Gasteiger partial charge on any atom is 0.255 e. The molecular weight excluding hydrogens is 461 g/mol. The van der Waals surface area contributed by atoms with Crippen LogP contribution in [-0.4, -0.2) is 28.7 Å². The van der Waals surface area contributed by atoms with Crippen LogP contribution in [0.4, 0.5) is 0 Å². The second-order valence-electron chi connectivity index (χ2n) is 4.11. The molecule has 1 aromatic carbocycles. The summed E-state index contributed by atoms with van der Waals surface area (Å²) in [6.45, 7) is 1.67. The average molecular weight is 473 g/mol. The van der Waals surface area contributed by atoms with E-state index < -0.39 is 0 Å². The number of rotatable bonds is 1. The number of carbonyl (C=O) groups is 1. The largest absolute Gasteiger partial charge is 0.337 e. The summed E-state index contributed by atoms with van der Waals surface area (Å²) in [6, 6.07) is 5.83. The maximum absolute atomic E-state index is 12.4. The van der Waals surface area contributed by atoms with Crippen molar-refractivity contribution >= 4 is 60.4 Å². The van der Waals surface area contributed by atoms with Gasteiger partial charge in [-0.25, -0.2) is 0 Å². The zero-order valence-electron chi connectivity index (χ0n) is 9.13. The number of amides is 1. The van der Waals surface area contributed by atoms with Crippen molar-refractivity contribution in [2.75, 3.05) is 13.1 Å². The minimum atomic E-state index is 0.139. The van der Waals surface area contributed by atoms with Crippen LogP contribution in [0.5, 0.6) is 0 Å². The summed E-state index contributed by atoms with van der Waals surface area (Å²) in [4.78, 5) is 14.8. The predicted octanol–water partition coefficient (Wildman–Crippen LogP) is 4.05. The number of piperidine rings is 1. The number of benzene rings is 1. The summed E-state index contributed by atoms with van der Waals surface area (Å²) in [5.41, 5.74) is 0.793. The predicted molar refractivity (Wildman–Crippen MR) is 84.7 cm³/mol. The molecule has 1 amide bonds. The fraction of sp³-hybridized carbons (Fsp3) is 0.417. The van der Waals surface area contributed by atoms with Crippen molar-refractivity contribution in [1.29, 1.82) is 0 Å². The second kappa shape index (κ2) is 6.02. The van der Waals surface area contributed by atoms with E-state index in [0.717, 1.165) is 39.5 Å². The molecule has 1 fully saturated rings. The highest BCUT2D eigenvalue weighted by Crippen LogP contribution is 2.23. The summed E-state index contributed by atoms with van der Waals surface area (Å²) in [5, 5.41) is 0. The molecule has 1 aliphatic rings. The quantitative estimate of drug-likeness (QED) is 0.446. The Morgan fingerprint density at radius 1 is 1.47 bits per heavy atom. The van der Waals surface area contributed by atoms with Gasteiger partial charge < -0.3 is 4.90 Å². The van der Waals surface area contributed by atoms with Crippen LogP contribution in [0.3, 0.4) is 0 Å². The molecule has 0 aromatic heterocycles. The van der Waals surface area contributed by atoms with Crippen LogP contribution in [0.2, 0.25) is 0 Å². The fourth-order valence-corrected chi connectivity index (χ4v) is 3.54. The van der Waals surface area contributed by atoms with E-state index in [-0.39, 0.29) is 5.91 Å². The zero-order valence-corrected chi connectivity index (χ0v) is 14.5. The van der Waals surface area contributed by atoms with Crippen LogP contribution in [0, 0.1) is 3.57 Å². The first-order valence-electron chi connectivity index (χ1n) is 5.46. The molecule has 2 nitrogen and oxygen atoms in total. The van der Waals surface area contributed by atoms with Gasteiger partial charge in [0.1, 0.15) is 0 Å².